The lowest BCUT2D eigenvalue weighted by atomic mass is 10.2. The molecule has 1 aliphatic rings. The molecule has 140 valence electrons. The summed E-state index contributed by atoms with van der Waals surface area (Å²) in [5.41, 5.74) is 0.501. The van der Waals surface area contributed by atoms with Crippen molar-refractivity contribution in [3.8, 4) is 0 Å². The van der Waals surface area contributed by atoms with Gasteiger partial charge in [-0.3, -0.25) is 19.7 Å². The van der Waals surface area contributed by atoms with Gasteiger partial charge < -0.3 is 10.2 Å². The zero-order valence-electron chi connectivity index (χ0n) is 14.3. The third-order valence-corrected chi connectivity index (χ3v) is 5.66. The van der Waals surface area contributed by atoms with Crippen LogP contribution in [0.4, 0.5) is 10.8 Å². The number of amides is 2. The minimum absolute atomic E-state index is 0.0441. The minimum atomic E-state index is -0.582. The Bertz CT molecular complexity index is 912. The summed E-state index contributed by atoms with van der Waals surface area (Å²) in [6.45, 7) is 1.90. The Labute approximate surface area is 163 Å². The van der Waals surface area contributed by atoms with E-state index < -0.39 is 11.0 Å². The van der Waals surface area contributed by atoms with E-state index in [-0.39, 0.29) is 17.5 Å². The Balaban J connectivity index is 1.67. The van der Waals surface area contributed by atoms with Gasteiger partial charge in [0.25, 0.3) is 5.69 Å². The lowest BCUT2D eigenvalue weighted by Crippen LogP contribution is -2.43. The molecule has 1 saturated heterocycles. The smallest absolute Gasteiger partial charge is 0.270 e. The van der Waals surface area contributed by atoms with Crippen molar-refractivity contribution in [2.45, 2.75) is 13.0 Å². The first-order chi connectivity index (χ1) is 12.9. The zero-order valence-corrected chi connectivity index (χ0v) is 16.0. The summed E-state index contributed by atoms with van der Waals surface area (Å²) < 4.78 is 0. The number of anilines is 1. The number of nitro benzene ring substituents is 1. The van der Waals surface area contributed by atoms with Gasteiger partial charge in [-0.1, -0.05) is 12.1 Å². The van der Waals surface area contributed by atoms with E-state index in [9.17, 15) is 19.7 Å². The maximum absolute atomic E-state index is 12.5. The van der Waals surface area contributed by atoms with Crippen molar-refractivity contribution in [2.75, 3.05) is 16.9 Å². The van der Waals surface area contributed by atoms with Crippen molar-refractivity contribution >= 4 is 51.8 Å². The number of carbonyl (C=O) groups excluding carboxylic acids is 2. The van der Waals surface area contributed by atoms with E-state index in [1.165, 1.54) is 52.3 Å². The predicted octanol–water partition coefficient (Wildman–Crippen LogP) is 2.91. The fraction of sp³-hybridized carbons (Fsp3) is 0.235. The quantitative estimate of drug-likeness (QED) is 0.467. The van der Waals surface area contributed by atoms with Gasteiger partial charge in [0.05, 0.1) is 10.8 Å². The highest BCUT2D eigenvalue weighted by atomic mass is 32.2. The van der Waals surface area contributed by atoms with Crippen LogP contribution in [0.2, 0.25) is 0 Å². The number of benzene rings is 1. The summed E-state index contributed by atoms with van der Waals surface area (Å²) in [6.07, 6.45) is 4.52. The third-order valence-electron chi connectivity index (χ3n) is 3.82. The molecule has 1 fully saturated rings. The van der Waals surface area contributed by atoms with Crippen molar-refractivity contribution in [1.82, 2.24) is 9.88 Å². The largest absolute Gasteiger partial charge is 0.317 e. The summed E-state index contributed by atoms with van der Waals surface area (Å²) >= 11 is 2.87. The fourth-order valence-electron chi connectivity index (χ4n) is 2.48. The van der Waals surface area contributed by atoms with Crippen LogP contribution in [-0.4, -0.2) is 44.3 Å². The van der Waals surface area contributed by atoms with Crippen LogP contribution in [0.15, 0.2) is 36.5 Å². The summed E-state index contributed by atoms with van der Waals surface area (Å²) in [7, 11) is 0. The van der Waals surface area contributed by atoms with Gasteiger partial charge in [-0.25, -0.2) is 4.98 Å². The molecule has 0 aliphatic carbocycles. The van der Waals surface area contributed by atoms with Gasteiger partial charge in [0.1, 0.15) is 6.04 Å². The number of aryl methyl sites for hydroxylation is 1. The van der Waals surface area contributed by atoms with Crippen molar-refractivity contribution in [1.29, 1.82) is 0 Å². The lowest BCUT2D eigenvalue weighted by molar-refractivity contribution is -0.384. The van der Waals surface area contributed by atoms with E-state index in [0.717, 1.165) is 4.88 Å². The van der Waals surface area contributed by atoms with Crippen molar-refractivity contribution in [3.63, 3.8) is 0 Å². The number of nitrogens with one attached hydrogen (secondary N) is 1. The van der Waals surface area contributed by atoms with Gasteiger partial charge in [0.15, 0.2) is 5.13 Å². The molecule has 1 aliphatic heterocycles. The number of nitrogens with zero attached hydrogens (tertiary/aromatic N) is 3. The molecule has 1 atom stereocenters. The molecule has 1 aromatic heterocycles. The predicted molar refractivity (Wildman–Crippen MR) is 106 cm³/mol. The van der Waals surface area contributed by atoms with Crippen molar-refractivity contribution in [3.05, 3.63) is 57.1 Å². The molecule has 3 rings (SSSR count). The molecule has 2 amide bonds. The maximum atomic E-state index is 12.5. The molecule has 0 bridgehead atoms. The second-order valence-corrected chi connectivity index (χ2v) is 8.01. The first-order valence-electron chi connectivity index (χ1n) is 7.98. The van der Waals surface area contributed by atoms with E-state index in [1.807, 2.05) is 6.92 Å². The summed E-state index contributed by atoms with van der Waals surface area (Å²) in [5, 5.41) is 14.1. The summed E-state index contributed by atoms with van der Waals surface area (Å²) in [4.78, 5) is 41.9. The molecule has 2 aromatic rings. The number of hydrogen-bond donors (Lipinski definition) is 1. The zero-order chi connectivity index (χ0) is 19.4. The van der Waals surface area contributed by atoms with Gasteiger partial charge in [-0.2, -0.15) is 0 Å². The van der Waals surface area contributed by atoms with Crippen LogP contribution in [0.25, 0.3) is 6.08 Å². The number of hydrogen-bond acceptors (Lipinski definition) is 7. The Morgan fingerprint density at radius 3 is 2.96 bits per heavy atom. The van der Waals surface area contributed by atoms with E-state index in [1.54, 1.807) is 18.3 Å². The molecule has 2 heterocycles. The van der Waals surface area contributed by atoms with E-state index in [0.29, 0.717) is 22.3 Å². The van der Waals surface area contributed by atoms with Crippen LogP contribution >= 0.6 is 23.1 Å². The standard InChI is InChI=1S/C17H16N4O4S2/c1-11-8-18-17(27-11)19-16(23)14-9-26-10-20(14)15(22)6-5-12-3-2-4-13(7-12)21(24)25/h2-8,14H,9-10H2,1H3,(H,18,19,23)/b6-5+. The van der Waals surface area contributed by atoms with Gasteiger partial charge in [-0.15, -0.1) is 23.1 Å². The molecule has 0 radical (unpaired) electrons. The molecule has 0 spiro atoms. The highest BCUT2D eigenvalue weighted by Gasteiger charge is 2.34. The molecule has 10 heteroatoms. The van der Waals surface area contributed by atoms with Crippen LogP contribution in [0, 0.1) is 17.0 Å². The average molecular weight is 404 g/mol. The molecule has 8 nitrogen and oxygen atoms in total. The van der Waals surface area contributed by atoms with Crippen LogP contribution in [-0.2, 0) is 9.59 Å². The average Bonchev–Trinajstić information content (AvgIpc) is 3.29. The first-order valence-corrected chi connectivity index (χ1v) is 9.95. The summed E-state index contributed by atoms with van der Waals surface area (Å²) in [5.74, 6) is 0.327. The number of non-ortho nitro benzene ring substituents is 1. The Morgan fingerprint density at radius 2 is 2.26 bits per heavy atom. The molecule has 1 unspecified atom stereocenters. The SMILES string of the molecule is Cc1cnc(NC(=O)C2CSCN2C(=O)/C=C/c2cccc([N+](=O)[O-])c2)s1. The number of carbonyl (C=O) groups is 2. The molecule has 1 N–H and O–H groups in total. The number of rotatable bonds is 5. The Kier molecular flexibility index (Phi) is 5.87. The Morgan fingerprint density at radius 1 is 1.44 bits per heavy atom. The second kappa shape index (κ2) is 8.31. The third kappa shape index (κ3) is 4.72. The lowest BCUT2D eigenvalue weighted by Gasteiger charge is -2.21. The van der Waals surface area contributed by atoms with Gasteiger partial charge in [-0.05, 0) is 18.6 Å². The molecule has 0 saturated carbocycles. The van der Waals surface area contributed by atoms with Crippen LogP contribution in [0.5, 0.6) is 0 Å². The topological polar surface area (TPSA) is 105 Å². The highest BCUT2D eigenvalue weighted by molar-refractivity contribution is 7.99. The van der Waals surface area contributed by atoms with Gasteiger partial charge in [0, 0.05) is 35.0 Å². The Hall–Kier alpha value is -2.72. The van der Waals surface area contributed by atoms with Gasteiger partial charge in [0.2, 0.25) is 11.8 Å². The van der Waals surface area contributed by atoms with Crippen molar-refractivity contribution in [2.24, 2.45) is 0 Å². The highest BCUT2D eigenvalue weighted by Crippen LogP contribution is 2.24. The molecule has 27 heavy (non-hydrogen) atoms. The van der Waals surface area contributed by atoms with Crippen LogP contribution < -0.4 is 5.32 Å². The number of thiazole rings is 1. The number of thioether (sulfide) groups is 1. The van der Waals surface area contributed by atoms with Crippen molar-refractivity contribution < 1.29 is 14.5 Å². The number of aromatic nitrogens is 1. The first kappa shape index (κ1) is 19.1. The molecular formula is C17H16N4O4S2. The summed E-state index contributed by atoms with van der Waals surface area (Å²) in [6, 6.07) is 5.42. The maximum Gasteiger partial charge on any atom is 0.270 e. The van der Waals surface area contributed by atoms with E-state index in [4.69, 9.17) is 0 Å². The van der Waals surface area contributed by atoms with Gasteiger partial charge >= 0.3 is 0 Å². The monoisotopic (exact) mass is 404 g/mol. The van der Waals surface area contributed by atoms with Crippen LogP contribution in [0.1, 0.15) is 10.4 Å². The van der Waals surface area contributed by atoms with E-state index in [2.05, 4.69) is 10.3 Å². The fourth-order valence-corrected chi connectivity index (χ4v) is 4.31. The molecule has 1 aromatic carbocycles. The normalized spacial score (nSPS) is 16.6. The minimum Gasteiger partial charge on any atom is -0.317 e. The van der Waals surface area contributed by atoms with Crippen LogP contribution in [0.3, 0.4) is 0 Å². The van der Waals surface area contributed by atoms with E-state index >= 15 is 0 Å². The second-order valence-electron chi connectivity index (χ2n) is 5.77. The number of nitro groups is 1. The molecular weight excluding hydrogens is 388 g/mol.